The topological polar surface area (TPSA) is 61.4 Å². The molecule has 5 nitrogen and oxygen atoms in total. The quantitative estimate of drug-likeness (QED) is 0.765. The molecule has 0 aliphatic heterocycles. The number of hydrogen-bond acceptors (Lipinski definition) is 3. The van der Waals surface area contributed by atoms with E-state index in [-0.39, 0.29) is 18.4 Å². The molecule has 0 aromatic heterocycles. The van der Waals surface area contributed by atoms with Crippen molar-refractivity contribution in [1.29, 1.82) is 0 Å². The number of carbonyl (C=O) groups is 2. The van der Waals surface area contributed by atoms with Crippen LogP contribution in [0, 0.1) is 6.92 Å². The number of nitrogens with one attached hydrogen (secondary N) is 2. The largest absolute Gasteiger partial charge is 0.376 e. The summed E-state index contributed by atoms with van der Waals surface area (Å²) in [6, 6.07) is 12.5. The highest BCUT2D eigenvalue weighted by atomic mass is 35.5. The predicted molar refractivity (Wildman–Crippen MR) is 107 cm³/mol. The summed E-state index contributed by atoms with van der Waals surface area (Å²) < 4.78 is 0. The van der Waals surface area contributed by atoms with Gasteiger partial charge in [-0.05, 0) is 56.7 Å². The fraction of sp³-hybridized carbons (Fsp3) is 0.300. The minimum absolute atomic E-state index is 0.0428. The van der Waals surface area contributed by atoms with Gasteiger partial charge in [0.15, 0.2) is 0 Å². The molecule has 0 saturated heterocycles. The Bertz CT molecular complexity index is 788. The van der Waals surface area contributed by atoms with Gasteiger partial charge in [-0.15, -0.1) is 0 Å². The van der Waals surface area contributed by atoms with E-state index in [0.29, 0.717) is 29.4 Å². The van der Waals surface area contributed by atoms with Crippen molar-refractivity contribution in [1.82, 2.24) is 4.90 Å². The third kappa shape index (κ3) is 5.23. The number of nitrogens with zero attached hydrogens (tertiary/aromatic N) is 1. The highest BCUT2D eigenvalue weighted by molar-refractivity contribution is 6.30. The second-order valence-electron chi connectivity index (χ2n) is 5.92. The molecule has 138 valence electrons. The van der Waals surface area contributed by atoms with Crippen LogP contribution >= 0.6 is 11.6 Å². The van der Waals surface area contributed by atoms with Crippen LogP contribution in [-0.2, 0) is 4.79 Å². The van der Waals surface area contributed by atoms with E-state index < -0.39 is 0 Å². The molecule has 2 aromatic carbocycles. The lowest BCUT2D eigenvalue weighted by molar-refractivity contribution is -0.114. The summed E-state index contributed by atoms with van der Waals surface area (Å²) >= 11 is 5.98. The number of aryl methyl sites for hydroxylation is 1. The van der Waals surface area contributed by atoms with Crippen LogP contribution in [0.4, 0.5) is 11.4 Å². The van der Waals surface area contributed by atoms with Gasteiger partial charge in [0.05, 0.1) is 6.54 Å². The van der Waals surface area contributed by atoms with Gasteiger partial charge in [-0.1, -0.05) is 23.7 Å². The van der Waals surface area contributed by atoms with Crippen LogP contribution in [0.2, 0.25) is 5.02 Å². The molecule has 6 heteroatoms. The molecule has 0 aliphatic rings. The molecular formula is C20H24ClN3O2. The maximum atomic E-state index is 12.4. The highest BCUT2D eigenvalue weighted by Crippen LogP contribution is 2.20. The Kier molecular flexibility index (Phi) is 7.04. The van der Waals surface area contributed by atoms with E-state index in [2.05, 4.69) is 10.6 Å². The molecule has 2 rings (SSSR count). The van der Waals surface area contributed by atoms with E-state index in [9.17, 15) is 9.59 Å². The molecule has 0 aliphatic carbocycles. The highest BCUT2D eigenvalue weighted by Gasteiger charge is 2.13. The van der Waals surface area contributed by atoms with Crippen molar-refractivity contribution in [2.24, 2.45) is 0 Å². The molecule has 2 amide bonds. The van der Waals surface area contributed by atoms with Gasteiger partial charge >= 0.3 is 0 Å². The summed E-state index contributed by atoms with van der Waals surface area (Å²) in [5, 5.41) is 6.50. The third-order valence-electron chi connectivity index (χ3n) is 4.08. The van der Waals surface area contributed by atoms with Gasteiger partial charge in [0, 0.05) is 35.1 Å². The lowest BCUT2D eigenvalue weighted by Crippen LogP contribution is -2.30. The van der Waals surface area contributed by atoms with Gasteiger partial charge in [-0.3, -0.25) is 9.59 Å². The fourth-order valence-corrected chi connectivity index (χ4v) is 2.76. The molecule has 2 aromatic rings. The van der Waals surface area contributed by atoms with Gasteiger partial charge in [-0.25, -0.2) is 0 Å². The Morgan fingerprint density at radius 2 is 1.81 bits per heavy atom. The molecule has 0 heterocycles. The van der Waals surface area contributed by atoms with Crippen LogP contribution in [-0.4, -0.2) is 36.3 Å². The second-order valence-corrected chi connectivity index (χ2v) is 6.36. The predicted octanol–water partition coefficient (Wildman–Crippen LogP) is 4.18. The molecule has 26 heavy (non-hydrogen) atoms. The normalized spacial score (nSPS) is 10.3. The van der Waals surface area contributed by atoms with E-state index in [1.807, 2.05) is 26.8 Å². The van der Waals surface area contributed by atoms with Gasteiger partial charge in [0.1, 0.15) is 0 Å². The number of amides is 2. The summed E-state index contributed by atoms with van der Waals surface area (Å²) in [6.07, 6.45) is 0. The number of halogens is 1. The number of carbonyl (C=O) groups excluding carboxylic acids is 2. The molecule has 0 saturated carbocycles. The molecular weight excluding hydrogens is 350 g/mol. The first-order valence-corrected chi connectivity index (χ1v) is 9.01. The lowest BCUT2D eigenvalue weighted by atomic mass is 10.1. The van der Waals surface area contributed by atoms with Crippen LogP contribution in [0.3, 0.4) is 0 Å². The molecule has 0 spiro atoms. The number of rotatable bonds is 7. The zero-order chi connectivity index (χ0) is 19.1. The van der Waals surface area contributed by atoms with Gasteiger partial charge < -0.3 is 15.5 Å². The summed E-state index contributed by atoms with van der Waals surface area (Å²) in [4.78, 5) is 26.4. The number of anilines is 2. The van der Waals surface area contributed by atoms with E-state index in [1.165, 1.54) is 0 Å². The summed E-state index contributed by atoms with van der Waals surface area (Å²) in [6.45, 7) is 7.23. The Labute approximate surface area is 159 Å². The van der Waals surface area contributed by atoms with Crippen LogP contribution in [0.15, 0.2) is 42.5 Å². The minimum atomic E-state index is -0.197. The zero-order valence-corrected chi connectivity index (χ0v) is 16.1. The monoisotopic (exact) mass is 373 g/mol. The van der Waals surface area contributed by atoms with E-state index >= 15 is 0 Å². The smallest absolute Gasteiger partial charge is 0.253 e. The van der Waals surface area contributed by atoms with Crippen molar-refractivity contribution in [2.75, 3.05) is 30.3 Å². The second kappa shape index (κ2) is 9.25. The Balaban J connectivity index is 2.00. The molecule has 0 bridgehead atoms. The fourth-order valence-electron chi connectivity index (χ4n) is 2.59. The summed E-state index contributed by atoms with van der Waals surface area (Å²) in [7, 11) is 0. The Hall–Kier alpha value is -2.53. The van der Waals surface area contributed by atoms with Gasteiger partial charge in [0.25, 0.3) is 5.91 Å². The maximum absolute atomic E-state index is 12.4. The van der Waals surface area contributed by atoms with E-state index in [1.54, 1.807) is 41.3 Å². The summed E-state index contributed by atoms with van der Waals surface area (Å²) in [5.41, 5.74) is 2.98. The Morgan fingerprint density at radius 1 is 1.08 bits per heavy atom. The van der Waals surface area contributed by atoms with Gasteiger partial charge in [0.2, 0.25) is 5.91 Å². The average molecular weight is 374 g/mol. The van der Waals surface area contributed by atoms with Gasteiger partial charge in [-0.2, -0.15) is 0 Å². The number of benzene rings is 2. The Morgan fingerprint density at radius 3 is 2.50 bits per heavy atom. The average Bonchev–Trinajstić information content (AvgIpc) is 2.63. The van der Waals surface area contributed by atoms with Crippen LogP contribution in [0.25, 0.3) is 0 Å². The molecule has 0 atom stereocenters. The molecule has 0 unspecified atom stereocenters. The first-order chi connectivity index (χ1) is 12.4. The summed E-state index contributed by atoms with van der Waals surface area (Å²) in [5.74, 6) is -0.240. The zero-order valence-electron chi connectivity index (χ0n) is 15.3. The first kappa shape index (κ1) is 19.8. The lowest BCUT2D eigenvalue weighted by Gasteiger charge is -2.19. The van der Waals surface area contributed by atoms with E-state index in [4.69, 9.17) is 11.6 Å². The van der Waals surface area contributed by atoms with Crippen molar-refractivity contribution in [2.45, 2.75) is 20.8 Å². The van der Waals surface area contributed by atoms with Crippen LogP contribution in [0.5, 0.6) is 0 Å². The molecule has 0 radical (unpaired) electrons. The molecule has 0 fully saturated rings. The van der Waals surface area contributed by atoms with Crippen LogP contribution < -0.4 is 10.6 Å². The van der Waals surface area contributed by atoms with Crippen molar-refractivity contribution >= 4 is 34.8 Å². The number of hydrogen-bond donors (Lipinski definition) is 2. The standard InChI is InChI=1S/C20H24ClN3O2/c1-4-24(5-2)20(26)15-7-6-8-17(11-15)23-19(25)13-22-18-12-16(21)10-9-14(18)3/h6-12,22H,4-5,13H2,1-3H3,(H,23,25). The SMILES string of the molecule is CCN(CC)C(=O)c1cccc(NC(=O)CNc2cc(Cl)ccc2C)c1. The van der Waals surface area contributed by atoms with Crippen molar-refractivity contribution in [3.05, 3.63) is 58.6 Å². The third-order valence-corrected chi connectivity index (χ3v) is 4.32. The van der Waals surface area contributed by atoms with Crippen molar-refractivity contribution in [3.63, 3.8) is 0 Å². The molecule has 2 N–H and O–H groups in total. The van der Waals surface area contributed by atoms with Crippen molar-refractivity contribution in [3.8, 4) is 0 Å². The minimum Gasteiger partial charge on any atom is -0.376 e. The van der Waals surface area contributed by atoms with Crippen molar-refractivity contribution < 1.29 is 9.59 Å². The van der Waals surface area contributed by atoms with Crippen LogP contribution in [0.1, 0.15) is 29.8 Å². The maximum Gasteiger partial charge on any atom is 0.253 e. The van der Waals surface area contributed by atoms with E-state index in [0.717, 1.165) is 11.3 Å². The first-order valence-electron chi connectivity index (χ1n) is 8.63.